The minimum absolute atomic E-state index is 0.0618. The fourth-order valence-corrected chi connectivity index (χ4v) is 2.66. The van der Waals surface area contributed by atoms with Gasteiger partial charge in [0.05, 0.1) is 0 Å². The molecule has 2 aromatic carbocycles. The molecule has 0 saturated heterocycles. The van der Waals surface area contributed by atoms with Crippen LogP contribution in [0.1, 0.15) is 35.3 Å². The number of aryl methyl sites for hydroxylation is 2. The van der Waals surface area contributed by atoms with Crippen molar-refractivity contribution in [1.29, 1.82) is 0 Å². The minimum Gasteiger partial charge on any atom is -0.340 e. The van der Waals surface area contributed by atoms with E-state index in [-0.39, 0.29) is 17.7 Å². The maximum absolute atomic E-state index is 12.7. The molecule has 0 aliphatic heterocycles. The molecule has 2 aromatic rings. The SMILES string of the molecule is Cc1cccc(C(=O)NC(C(=O)Nc2cc(Cl)ccc2C)C(C)C)c1. The lowest BCUT2D eigenvalue weighted by molar-refractivity contribution is -0.118. The van der Waals surface area contributed by atoms with Gasteiger partial charge in [0, 0.05) is 16.3 Å². The van der Waals surface area contributed by atoms with Gasteiger partial charge < -0.3 is 10.6 Å². The molecule has 2 rings (SSSR count). The second-order valence-electron chi connectivity index (χ2n) is 6.51. The second kappa shape index (κ2) is 8.17. The topological polar surface area (TPSA) is 58.2 Å². The monoisotopic (exact) mass is 358 g/mol. The number of benzene rings is 2. The van der Waals surface area contributed by atoms with Gasteiger partial charge in [-0.15, -0.1) is 0 Å². The highest BCUT2D eigenvalue weighted by molar-refractivity contribution is 6.31. The van der Waals surface area contributed by atoms with Crippen LogP contribution in [0.2, 0.25) is 5.02 Å². The molecule has 1 unspecified atom stereocenters. The molecule has 25 heavy (non-hydrogen) atoms. The van der Waals surface area contributed by atoms with Crippen molar-refractivity contribution in [3.05, 3.63) is 64.2 Å². The lowest BCUT2D eigenvalue weighted by Gasteiger charge is -2.22. The highest BCUT2D eigenvalue weighted by atomic mass is 35.5. The lowest BCUT2D eigenvalue weighted by Crippen LogP contribution is -2.47. The van der Waals surface area contributed by atoms with Gasteiger partial charge in [0.15, 0.2) is 0 Å². The van der Waals surface area contributed by atoms with E-state index in [4.69, 9.17) is 11.6 Å². The molecule has 5 heteroatoms. The lowest BCUT2D eigenvalue weighted by atomic mass is 10.0. The molecular weight excluding hydrogens is 336 g/mol. The molecule has 2 amide bonds. The summed E-state index contributed by atoms with van der Waals surface area (Å²) in [5.74, 6) is -0.588. The van der Waals surface area contributed by atoms with Crippen molar-refractivity contribution in [2.75, 3.05) is 5.32 Å². The number of carbonyl (C=O) groups is 2. The normalized spacial score (nSPS) is 11.9. The van der Waals surface area contributed by atoms with E-state index >= 15 is 0 Å². The summed E-state index contributed by atoms with van der Waals surface area (Å²) in [5, 5.41) is 6.24. The molecule has 0 radical (unpaired) electrons. The first-order valence-corrected chi connectivity index (χ1v) is 8.60. The van der Waals surface area contributed by atoms with Crippen LogP contribution >= 0.6 is 11.6 Å². The van der Waals surface area contributed by atoms with E-state index in [1.165, 1.54) is 0 Å². The molecule has 4 nitrogen and oxygen atoms in total. The summed E-state index contributed by atoms with van der Waals surface area (Å²) >= 11 is 6.00. The van der Waals surface area contributed by atoms with Gasteiger partial charge in [0.25, 0.3) is 5.91 Å². The third-order valence-corrected chi connectivity index (χ3v) is 4.21. The molecule has 0 heterocycles. The molecule has 1 atom stereocenters. The number of anilines is 1. The molecule has 0 aliphatic carbocycles. The summed E-state index contributed by atoms with van der Waals surface area (Å²) < 4.78 is 0. The Bertz CT molecular complexity index is 787. The number of nitrogens with one attached hydrogen (secondary N) is 2. The number of hydrogen-bond acceptors (Lipinski definition) is 2. The number of rotatable bonds is 5. The summed E-state index contributed by atoms with van der Waals surface area (Å²) in [7, 11) is 0. The Kier molecular flexibility index (Phi) is 6.21. The first-order valence-electron chi connectivity index (χ1n) is 8.22. The Morgan fingerprint density at radius 1 is 1.04 bits per heavy atom. The summed E-state index contributed by atoms with van der Waals surface area (Å²) in [6, 6.07) is 11.9. The van der Waals surface area contributed by atoms with Crippen molar-refractivity contribution in [3.63, 3.8) is 0 Å². The summed E-state index contributed by atoms with van der Waals surface area (Å²) in [4.78, 5) is 25.2. The average Bonchev–Trinajstić information content (AvgIpc) is 2.55. The zero-order valence-electron chi connectivity index (χ0n) is 14.9. The molecule has 0 bridgehead atoms. The van der Waals surface area contributed by atoms with E-state index < -0.39 is 6.04 Å². The molecule has 0 fully saturated rings. The van der Waals surface area contributed by atoms with Crippen LogP contribution < -0.4 is 10.6 Å². The average molecular weight is 359 g/mol. The Labute approximate surface area is 153 Å². The maximum Gasteiger partial charge on any atom is 0.251 e. The second-order valence-corrected chi connectivity index (χ2v) is 6.95. The van der Waals surface area contributed by atoms with Crippen LogP contribution in [-0.4, -0.2) is 17.9 Å². The number of carbonyl (C=O) groups excluding carboxylic acids is 2. The molecule has 0 spiro atoms. The van der Waals surface area contributed by atoms with E-state index in [0.29, 0.717) is 16.3 Å². The predicted molar refractivity (Wildman–Crippen MR) is 102 cm³/mol. The minimum atomic E-state index is -0.647. The molecule has 0 aromatic heterocycles. The molecule has 0 aliphatic rings. The molecule has 2 N–H and O–H groups in total. The van der Waals surface area contributed by atoms with Crippen LogP contribution in [0.5, 0.6) is 0 Å². The Morgan fingerprint density at radius 2 is 1.76 bits per heavy atom. The number of halogens is 1. The van der Waals surface area contributed by atoms with Gasteiger partial charge in [-0.2, -0.15) is 0 Å². The largest absolute Gasteiger partial charge is 0.340 e. The van der Waals surface area contributed by atoms with Crippen molar-refractivity contribution in [3.8, 4) is 0 Å². The first-order chi connectivity index (χ1) is 11.8. The molecular formula is C20H23ClN2O2. The van der Waals surface area contributed by atoms with Crippen LogP contribution in [-0.2, 0) is 4.79 Å². The van der Waals surface area contributed by atoms with E-state index in [0.717, 1.165) is 11.1 Å². The highest BCUT2D eigenvalue weighted by Gasteiger charge is 2.25. The van der Waals surface area contributed by atoms with Gasteiger partial charge in [-0.25, -0.2) is 0 Å². The Hall–Kier alpha value is -2.33. The summed E-state index contributed by atoms with van der Waals surface area (Å²) in [6.07, 6.45) is 0. The fourth-order valence-electron chi connectivity index (χ4n) is 2.49. The zero-order valence-corrected chi connectivity index (χ0v) is 15.6. The van der Waals surface area contributed by atoms with E-state index in [2.05, 4.69) is 10.6 Å². The predicted octanol–water partition coefficient (Wildman–Crippen LogP) is 4.35. The zero-order chi connectivity index (χ0) is 18.6. The standard InChI is InChI=1S/C20H23ClN2O2/c1-12(2)18(23-19(24)15-7-5-6-13(3)10-15)20(25)22-17-11-16(21)9-8-14(17)4/h5-12,18H,1-4H3,(H,22,25)(H,23,24). The molecule has 132 valence electrons. The van der Waals surface area contributed by atoms with Crippen LogP contribution in [0.25, 0.3) is 0 Å². The van der Waals surface area contributed by atoms with Crippen molar-refractivity contribution < 1.29 is 9.59 Å². The summed E-state index contributed by atoms with van der Waals surface area (Å²) in [6.45, 7) is 7.60. The van der Waals surface area contributed by atoms with Crippen LogP contribution in [0.4, 0.5) is 5.69 Å². The van der Waals surface area contributed by atoms with Gasteiger partial charge in [-0.1, -0.05) is 49.2 Å². The Morgan fingerprint density at radius 3 is 2.40 bits per heavy atom. The van der Waals surface area contributed by atoms with E-state index in [1.807, 2.05) is 45.9 Å². The van der Waals surface area contributed by atoms with Crippen LogP contribution in [0, 0.1) is 19.8 Å². The van der Waals surface area contributed by atoms with Gasteiger partial charge in [-0.05, 0) is 49.6 Å². The highest BCUT2D eigenvalue weighted by Crippen LogP contribution is 2.21. The molecule has 0 saturated carbocycles. The van der Waals surface area contributed by atoms with Crippen molar-refractivity contribution in [1.82, 2.24) is 5.32 Å². The maximum atomic E-state index is 12.7. The van der Waals surface area contributed by atoms with Gasteiger partial charge in [0.2, 0.25) is 5.91 Å². The smallest absolute Gasteiger partial charge is 0.251 e. The quantitative estimate of drug-likeness (QED) is 0.834. The third kappa shape index (κ3) is 5.07. The van der Waals surface area contributed by atoms with Crippen LogP contribution in [0.15, 0.2) is 42.5 Å². The Balaban J connectivity index is 2.15. The summed E-state index contributed by atoms with van der Waals surface area (Å²) in [5.41, 5.74) is 3.09. The van der Waals surface area contributed by atoms with Gasteiger partial charge >= 0.3 is 0 Å². The van der Waals surface area contributed by atoms with E-state index in [9.17, 15) is 9.59 Å². The van der Waals surface area contributed by atoms with Crippen molar-refractivity contribution in [2.45, 2.75) is 33.7 Å². The van der Waals surface area contributed by atoms with Crippen molar-refractivity contribution >= 4 is 29.1 Å². The van der Waals surface area contributed by atoms with Gasteiger partial charge in [0.1, 0.15) is 6.04 Å². The van der Waals surface area contributed by atoms with Crippen LogP contribution in [0.3, 0.4) is 0 Å². The number of amides is 2. The van der Waals surface area contributed by atoms with Gasteiger partial charge in [-0.3, -0.25) is 9.59 Å². The number of hydrogen-bond donors (Lipinski definition) is 2. The first kappa shape index (κ1) is 19.0. The van der Waals surface area contributed by atoms with E-state index in [1.54, 1.807) is 24.3 Å². The third-order valence-electron chi connectivity index (χ3n) is 3.97. The fraction of sp³-hybridized carbons (Fsp3) is 0.300. The van der Waals surface area contributed by atoms with Crippen molar-refractivity contribution in [2.24, 2.45) is 5.92 Å².